The van der Waals surface area contributed by atoms with Crippen LogP contribution in [0.2, 0.25) is 0 Å². The van der Waals surface area contributed by atoms with Crippen LogP contribution in [0.4, 0.5) is 10.5 Å². The van der Waals surface area contributed by atoms with Gasteiger partial charge in [0.05, 0.1) is 0 Å². The summed E-state index contributed by atoms with van der Waals surface area (Å²) in [6.07, 6.45) is 3.29. The smallest absolute Gasteiger partial charge is 0.408 e. The van der Waals surface area contributed by atoms with Gasteiger partial charge < -0.3 is 20.3 Å². The Kier molecular flexibility index (Phi) is 12.6. The number of nitrogens with one attached hydrogen (secondary N) is 2. The van der Waals surface area contributed by atoms with Crippen LogP contribution in [0.5, 0.6) is 0 Å². The second-order valence-corrected chi connectivity index (χ2v) is 12.4. The van der Waals surface area contributed by atoms with Gasteiger partial charge in [-0.25, -0.2) is 4.79 Å². The number of amides is 3. The molecule has 2 N–H and O–H groups in total. The fraction of sp³-hybridized carbons (Fsp3) is 0.531. The first-order valence-electron chi connectivity index (χ1n) is 14.0. The number of hydrogen-bond acceptors (Lipinski definition) is 5. The van der Waals surface area contributed by atoms with E-state index in [-0.39, 0.29) is 11.8 Å². The molecule has 0 heterocycles. The summed E-state index contributed by atoms with van der Waals surface area (Å²) in [5.74, 6) is 0.0818. The second-order valence-electron chi connectivity index (χ2n) is 11.4. The maximum absolute atomic E-state index is 14.3. The van der Waals surface area contributed by atoms with Crippen LogP contribution in [-0.4, -0.2) is 53.0 Å². The topological polar surface area (TPSA) is 87.7 Å². The first kappa shape index (κ1) is 33.2. The Bertz CT molecular complexity index is 1130. The van der Waals surface area contributed by atoms with Crippen LogP contribution < -0.4 is 10.6 Å². The molecule has 0 aliphatic rings. The molecule has 3 amide bonds. The summed E-state index contributed by atoms with van der Waals surface area (Å²) in [6.45, 7) is 15.7. The van der Waals surface area contributed by atoms with Gasteiger partial charge in [0.25, 0.3) is 5.91 Å². The number of thioether (sulfide) groups is 1. The van der Waals surface area contributed by atoms with Gasteiger partial charge in [0.2, 0.25) is 5.91 Å². The van der Waals surface area contributed by atoms with Gasteiger partial charge in [0.1, 0.15) is 17.7 Å². The van der Waals surface area contributed by atoms with E-state index in [4.69, 9.17) is 4.74 Å². The minimum atomic E-state index is -0.881. The van der Waals surface area contributed by atoms with Crippen molar-refractivity contribution in [3.8, 4) is 0 Å². The molecule has 0 spiro atoms. The number of unbranched alkanes of at least 4 members (excludes halogenated alkanes) is 1. The molecule has 2 rings (SSSR count). The van der Waals surface area contributed by atoms with Gasteiger partial charge in [-0.05, 0) is 90.0 Å². The van der Waals surface area contributed by atoms with Crippen molar-refractivity contribution < 1.29 is 19.1 Å². The number of rotatable bonds is 12. The van der Waals surface area contributed by atoms with E-state index in [0.29, 0.717) is 25.1 Å². The number of hydrogen-bond donors (Lipinski definition) is 2. The van der Waals surface area contributed by atoms with Crippen molar-refractivity contribution in [3.63, 3.8) is 0 Å². The van der Waals surface area contributed by atoms with Crippen LogP contribution in [0.1, 0.15) is 80.8 Å². The van der Waals surface area contributed by atoms with Crippen molar-refractivity contribution in [2.24, 2.45) is 0 Å². The number of para-hydroxylation sites is 1. The molecule has 8 heteroatoms. The SMILES string of the molecule is CCCCN(C(=O)C(CCSC)NC(=O)OC(C)(C)C)C(C(=O)Nc1c(C)cccc1C)c1cc(C)cc(C)c1. The van der Waals surface area contributed by atoms with Crippen LogP contribution in [0.3, 0.4) is 0 Å². The molecule has 0 aromatic heterocycles. The monoisotopic (exact) mass is 569 g/mol. The highest BCUT2D eigenvalue weighted by Gasteiger charge is 2.36. The number of carbonyl (C=O) groups excluding carboxylic acids is 3. The van der Waals surface area contributed by atoms with Crippen LogP contribution in [0.25, 0.3) is 0 Å². The zero-order valence-corrected chi connectivity index (χ0v) is 26.5. The van der Waals surface area contributed by atoms with Gasteiger partial charge in [0.15, 0.2) is 0 Å². The van der Waals surface area contributed by atoms with Crippen molar-refractivity contribution in [1.29, 1.82) is 0 Å². The van der Waals surface area contributed by atoms with Crippen molar-refractivity contribution in [2.45, 2.75) is 92.3 Å². The van der Waals surface area contributed by atoms with Crippen molar-refractivity contribution in [1.82, 2.24) is 10.2 Å². The highest BCUT2D eigenvalue weighted by molar-refractivity contribution is 7.98. The van der Waals surface area contributed by atoms with E-state index in [1.807, 2.05) is 70.3 Å². The normalized spacial score (nSPS) is 12.8. The Labute approximate surface area is 244 Å². The third-order valence-corrected chi connectivity index (χ3v) is 7.13. The van der Waals surface area contributed by atoms with E-state index < -0.39 is 23.8 Å². The lowest BCUT2D eigenvalue weighted by Crippen LogP contribution is -2.53. The molecular formula is C32H47N3O4S. The Hall–Kier alpha value is -3.00. The van der Waals surface area contributed by atoms with Gasteiger partial charge in [-0.2, -0.15) is 11.8 Å². The Morgan fingerprint density at radius 3 is 2.12 bits per heavy atom. The number of benzene rings is 2. The third kappa shape index (κ3) is 9.88. The van der Waals surface area contributed by atoms with Crippen LogP contribution in [0, 0.1) is 27.7 Å². The van der Waals surface area contributed by atoms with Gasteiger partial charge in [0, 0.05) is 12.2 Å². The summed E-state index contributed by atoms with van der Waals surface area (Å²) in [7, 11) is 0. The van der Waals surface area contributed by atoms with Gasteiger partial charge in [-0.1, -0.05) is 60.9 Å². The van der Waals surface area contributed by atoms with E-state index in [2.05, 4.69) is 17.6 Å². The molecule has 0 bridgehead atoms. The summed E-state index contributed by atoms with van der Waals surface area (Å²) in [5, 5.41) is 5.94. The summed E-state index contributed by atoms with van der Waals surface area (Å²) in [5.41, 5.74) is 4.70. The van der Waals surface area contributed by atoms with Crippen LogP contribution in [-0.2, 0) is 14.3 Å². The molecule has 2 aromatic carbocycles. The predicted molar refractivity (Wildman–Crippen MR) is 166 cm³/mol. The highest BCUT2D eigenvalue weighted by atomic mass is 32.2. The molecule has 0 saturated carbocycles. The minimum Gasteiger partial charge on any atom is -0.444 e. The molecule has 220 valence electrons. The minimum absolute atomic E-state index is 0.285. The Morgan fingerprint density at radius 2 is 1.60 bits per heavy atom. The van der Waals surface area contributed by atoms with Crippen molar-refractivity contribution in [2.75, 3.05) is 23.9 Å². The van der Waals surface area contributed by atoms with Gasteiger partial charge in [-0.3, -0.25) is 9.59 Å². The van der Waals surface area contributed by atoms with Crippen LogP contribution >= 0.6 is 11.8 Å². The van der Waals surface area contributed by atoms with E-state index in [0.717, 1.165) is 39.9 Å². The third-order valence-electron chi connectivity index (χ3n) is 6.48. The quantitative estimate of drug-likeness (QED) is 0.291. The average Bonchev–Trinajstić information content (AvgIpc) is 2.84. The number of alkyl carbamates (subject to hydrolysis) is 1. The van der Waals surface area contributed by atoms with Gasteiger partial charge >= 0.3 is 6.09 Å². The number of nitrogens with zero attached hydrogens (tertiary/aromatic N) is 1. The highest BCUT2D eigenvalue weighted by Crippen LogP contribution is 2.29. The number of ether oxygens (including phenoxy) is 1. The van der Waals surface area contributed by atoms with Crippen molar-refractivity contribution >= 4 is 35.4 Å². The number of carbonyl (C=O) groups is 3. The number of aryl methyl sites for hydroxylation is 4. The maximum Gasteiger partial charge on any atom is 0.408 e. The average molecular weight is 570 g/mol. The lowest BCUT2D eigenvalue weighted by Gasteiger charge is -2.35. The van der Waals surface area contributed by atoms with E-state index in [9.17, 15) is 14.4 Å². The van der Waals surface area contributed by atoms with Crippen molar-refractivity contribution in [3.05, 3.63) is 64.2 Å². The Morgan fingerprint density at radius 1 is 1.00 bits per heavy atom. The lowest BCUT2D eigenvalue weighted by atomic mass is 9.97. The molecule has 0 aliphatic heterocycles. The molecule has 2 aromatic rings. The van der Waals surface area contributed by atoms with E-state index >= 15 is 0 Å². The summed E-state index contributed by atoms with van der Waals surface area (Å²) in [6, 6.07) is 10.1. The first-order valence-corrected chi connectivity index (χ1v) is 15.4. The molecule has 0 fully saturated rings. The largest absolute Gasteiger partial charge is 0.444 e. The molecular weight excluding hydrogens is 522 g/mol. The summed E-state index contributed by atoms with van der Waals surface area (Å²) >= 11 is 1.60. The second kappa shape index (κ2) is 15.1. The summed E-state index contributed by atoms with van der Waals surface area (Å²) in [4.78, 5) is 42.9. The standard InChI is InChI=1S/C32H47N3O4S/c1-10-11-16-35(30(37)26(15-17-40-9)33-31(38)39-32(6,7)8)28(25-19-21(2)18-22(3)20-25)29(36)34-27-23(4)13-12-14-24(27)5/h12-14,18-20,26,28H,10-11,15-17H2,1-9H3,(H,33,38)(H,34,36). The first-order chi connectivity index (χ1) is 18.8. The predicted octanol–water partition coefficient (Wildman–Crippen LogP) is 6.88. The molecule has 0 saturated heterocycles. The molecule has 0 radical (unpaired) electrons. The molecule has 0 aliphatic carbocycles. The molecule has 7 nitrogen and oxygen atoms in total. The summed E-state index contributed by atoms with van der Waals surface area (Å²) < 4.78 is 5.48. The van der Waals surface area contributed by atoms with E-state index in [1.165, 1.54) is 0 Å². The van der Waals surface area contributed by atoms with E-state index in [1.54, 1.807) is 37.4 Å². The molecule has 2 unspecified atom stereocenters. The van der Waals surface area contributed by atoms with Gasteiger partial charge in [-0.15, -0.1) is 0 Å². The molecule has 2 atom stereocenters. The fourth-order valence-electron chi connectivity index (χ4n) is 4.68. The maximum atomic E-state index is 14.3. The fourth-order valence-corrected chi connectivity index (χ4v) is 5.15. The Balaban J connectivity index is 2.60. The van der Waals surface area contributed by atoms with Crippen LogP contribution in [0.15, 0.2) is 36.4 Å². The number of anilines is 1. The zero-order chi connectivity index (χ0) is 30.0. The lowest BCUT2D eigenvalue weighted by molar-refractivity contribution is -0.141. The molecule has 40 heavy (non-hydrogen) atoms. The zero-order valence-electron chi connectivity index (χ0n) is 25.6.